The van der Waals surface area contributed by atoms with Gasteiger partial charge in [0.05, 0.1) is 11.6 Å². The van der Waals surface area contributed by atoms with Crippen molar-refractivity contribution in [3.63, 3.8) is 0 Å². The number of hydrogen-bond acceptors (Lipinski definition) is 4. The number of carbonyl (C=O) groups is 2. The second-order valence-corrected chi connectivity index (χ2v) is 8.41. The predicted octanol–water partition coefficient (Wildman–Crippen LogP) is 5.65. The van der Waals surface area contributed by atoms with Gasteiger partial charge in [-0.1, -0.05) is 46.3 Å². The Bertz CT molecular complexity index is 1160. The van der Waals surface area contributed by atoms with Crippen LogP contribution in [-0.4, -0.2) is 24.1 Å². The lowest BCUT2D eigenvalue weighted by Gasteiger charge is -2.14. The minimum absolute atomic E-state index is 0.268. The third-order valence-corrected chi connectivity index (χ3v) is 5.43. The summed E-state index contributed by atoms with van der Waals surface area (Å²) >= 11 is 6.90. The summed E-state index contributed by atoms with van der Waals surface area (Å²) in [5, 5.41) is 12.0. The first-order valence-electron chi connectivity index (χ1n) is 9.43. The normalized spacial score (nSPS) is 11.0. The summed E-state index contributed by atoms with van der Waals surface area (Å²) < 4.78 is 12.9. The molecule has 0 saturated carbocycles. The smallest absolute Gasteiger partial charge is 0.352 e. The van der Waals surface area contributed by atoms with E-state index in [2.05, 4.69) is 37.2 Å². The van der Waals surface area contributed by atoms with Gasteiger partial charge in [-0.3, -0.25) is 4.79 Å². The van der Waals surface area contributed by atoms with Crippen molar-refractivity contribution in [3.8, 4) is 11.5 Å². The van der Waals surface area contributed by atoms with Crippen molar-refractivity contribution in [2.24, 2.45) is 0 Å². The second-order valence-electron chi connectivity index (χ2n) is 6.64. The monoisotopic (exact) mass is 559 g/mol. The summed E-state index contributed by atoms with van der Waals surface area (Å²) in [5.41, 5.74) is 1.56. The zero-order chi connectivity index (χ0) is 23.1. The van der Waals surface area contributed by atoms with Crippen LogP contribution in [0, 0.1) is 0 Å². The number of halogens is 2. The number of carbonyl (C=O) groups excluding carboxylic acids is 1. The van der Waals surface area contributed by atoms with Crippen molar-refractivity contribution in [1.82, 2.24) is 5.32 Å². The van der Waals surface area contributed by atoms with Gasteiger partial charge in [-0.15, -0.1) is 0 Å². The SMILES string of the molecule is COc1cc(C=C(NC(=O)c2ccccc2)C(=O)O)cc(Br)c1OCc1cccc(Br)c1. The van der Waals surface area contributed by atoms with Crippen LogP contribution in [0.5, 0.6) is 11.5 Å². The molecule has 0 aliphatic rings. The lowest BCUT2D eigenvalue weighted by molar-refractivity contribution is -0.132. The molecule has 2 N–H and O–H groups in total. The third-order valence-electron chi connectivity index (χ3n) is 4.35. The number of rotatable bonds is 8. The number of ether oxygens (including phenoxy) is 2. The van der Waals surface area contributed by atoms with E-state index in [1.54, 1.807) is 42.5 Å². The number of benzene rings is 3. The zero-order valence-electron chi connectivity index (χ0n) is 17.0. The molecule has 6 nitrogen and oxygen atoms in total. The first-order valence-corrected chi connectivity index (χ1v) is 11.0. The highest BCUT2D eigenvalue weighted by molar-refractivity contribution is 9.10. The standard InChI is InChI=1S/C24H19Br2NO5/c1-31-21-13-16(11-19(26)22(21)32-14-15-6-5-9-18(25)10-15)12-20(24(29)30)27-23(28)17-7-3-2-4-8-17/h2-13H,14H2,1H3,(H,27,28)(H,29,30). The van der Waals surface area contributed by atoms with Gasteiger partial charge in [0.25, 0.3) is 5.91 Å². The number of hydrogen-bond donors (Lipinski definition) is 2. The molecule has 0 spiro atoms. The molecule has 164 valence electrons. The quantitative estimate of drug-likeness (QED) is 0.347. The molecule has 3 rings (SSSR count). The van der Waals surface area contributed by atoms with Gasteiger partial charge in [0, 0.05) is 10.0 Å². The summed E-state index contributed by atoms with van der Waals surface area (Å²) in [7, 11) is 1.50. The van der Waals surface area contributed by atoms with Crippen LogP contribution in [0.25, 0.3) is 6.08 Å². The molecule has 32 heavy (non-hydrogen) atoms. The molecule has 0 bridgehead atoms. The molecule has 0 aliphatic heterocycles. The Balaban J connectivity index is 1.84. The van der Waals surface area contributed by atoms with Crippen LogP contribution in [0.3, 0.4) is 0 Å². The maximum atomic E-state index is 12.4. The topological polar surface area (TPSA) is 84.9 Å². The molecule has 3 aromatic carbocycles. The van der Waals surface area contributed by atoms with Crippen LogP contribution in [0.1, 0.15) is 21.5 Å². The Morgan fingerprint density at radius 3 is 2.44 bits per heavy atom. The highest BCUT2D eigenvalue weighted by Crippen LogP contribution is 2.37. The Morgan fingerprint density at radius 2 is 1.78 bits per heavy atom. The van der Waals surface area contributed by atoms with E-state index in [1.807, 2.05) is 24.3 Å². The maximum absolute atomic E-state index is 12.4. The second kappa shape index (κ2) is 11.0. The molecule has 0 fully saturated rings. The predicted molar refractivity (Wildman–Crippen MR) is 129 cm³/mol. The Hall–Kier alpha value is -3.10. The maximum Gasteiger partial charge on any atom is 0.352 e. The van der Waals surface area contributed by atoms with E-state index in [4.69, 9.17) is 9.47 Å². The van der Waals surface area contributed by atoms with Crippen LogP contribution in [0.4, 0.5) is 0 Å². The minimum Gasteiger partial charge on any atom is -0.493 e. The molecule has 0 saturated heterocycles. The molecular weight excluding hydrogens is 542 g/mol. The fourth-order valence-corrected chi connectivity index (χ4v) is 3.87. The van der Waals surface area contributed by atoms with Crippen LogP contribution >= 0.6 is 31.9 Å². The van der Waals surface area contributed by atoms with Crippen molar-refractivity contribution in [2.75, 3.05) is 7.11 Å². The van der Waals surface area contributed by atoms with Crippen LogP contribution in [-0.2, 0) is 11.4 Å². The molecule has 0 aliphatic carbocycles. The average molecular weight is 561 g/mol. The van der Waals surface area contributed by atoms with Gasteiger partial charge in [-0.25, -0.2) is 4.79 Å². The number of methoxy groups -OCH3 is 1. The molecule has 8 heteroatoms. The molecule has 0 heterocycles. The van der Waals surface area contributed by atoms with Gasteiger partial charge in [0.1, 0.15) is 12.3 Å². The largest absolute Gasteiger partial charge is 0.493 e. The van der Waals surface area contributed by atoms with Gasteiger partial charge >= 0.3 is 5.97 Å². The van der Waals surface area contributed by atoms with Gasteiger partial charge < -0.3 is 19.9 Å². The van der Waals surface area contributed by atoms with Gasteiger partial charge in [-0.05, 0) is 69.5 Å². The van der Waals surface area contributed by atoms with Crippen LogP contribution < -0.4 is 14.8 Å². The van der Waals surface area contributed by atoms with Crippen molar-refractivity contribution < 1.29 is 24.2 Å². The van der Waals surface area contributed by atoms with E-state index in [1.165, 1.54) is 13.2 Å². The van der Waals surface area contributed by atoms with E-state index in [0.717, 1.165) is 10.0 Å². The van der Waals surface area contributed by atoms with E-state index >= 15 is 0 Å². The highest BCUT2D eigenvalue weighted by atomic mass is 79.9. The summed E-state index contributed by atoms with van der Waals surface area (Å²) in [6.07, 6.45) is 1.36. The Labute approximate surface area is 202 Å². The molecule has 0 unspecified atom stereocenters. The number of nitrogens with one attached hydrogen (secondary N) is 1. The van der Waals surface area contributed by atoms with Gasteiger partial charge in [0.15, 0.2) is 11.5 Å². The first kappa shape index (κ1) is 23.6. The van der Waals surface area contributed by atoms with Crippen molar-refractivity contribution in [1.29, 1.82) is 0 Å². The molecule has 1 amide bonds. The van der Waals surface area contributed by atoms with Crippen LogP contribution in [0.2, 0.25) is 0 Å². The Morgan fingerprint density at radius 1 is 1.03 bits per heavy atom. The highest BCUT2D eigenvalue weighted by Gasteiger charge is 2.16. The van der Waals surface area contributed by atoms with Crippen molar-refractivity contribution in [3.05, 3.63) is 98.1 Å². The average Bonchev–Trinajstić information content (AvgIpc) is 2.78. The summed E-state index contributed by atoms with van der Waals surface area (Å²) in [4.78, 5) is 24.1. The van der Waals surface area contributed by atoms with Gasteiger partial charge in [0.2, 0.25) is 0 Å². The summed E-state index contributed by atoms with van der Waals surface area (Å²) in [6.45, 7) is 0.317. The van der Waals surface area contributed by atoms with E-state index in [9.17, 15) is 14.7 Å². The fraction of sp³-hybridized carbons (Fsp3) is 0.0833. The number of aliphatic carboxylic acids is 1. The minimum atomic E-state index is -1.26. The lowest BCUT2D eigenvalue weighted by Crippen LogP contribution is -2.27. The fourth-order valence-electron chi connectivity index (χ4n) is 2.85. The lowest BCUT2D eigenvalue weighted by atomic mass is 10.1. The Kier molecular flexibility index (Phi) is 8.08. The van der Waals surface area contributed by atoms with Crippen molar-refractivity contribution >= 4 is 49.8 Å². The molecule has 3 aromatic rings. The number of amides is 1. The van der Waals surface area contributed by atoms with Gasteiger partial charge in [-0.2, -0.15) is 0 Å². The third kappa shape index (κ3) is 6.21. The van der Waals surface area contributed by atoms with Crippen molar-refractivity contribution in [2.45, 2.75) is 6.61 Å². The molecular formula is C24H19Br2NO5. The van der Waals surface area contributed by atoms with Crippen LogP contribution in [0.15, 0.2) is 81.4 Å². The number of carboxylic acids is 1. The summed E-state index contributed by atoms with van der Waals surface area (Å²) in [6, 6.07) is 19.4. The van der Waals surface area contributed by atoms with E-state index in [-0.39, 0.29) is 5.70 Å². The molecule has 0 radical (unpaired) electrons. The first-order chi connectivity index (χ1) is 15.4. The zero-order valence-corrected chi connectivity index (χ0v) is 20.1. The van der Waals surface area contributed by atoms with E-state index < -0.39 is 11.9 Å². The molecule has 0 atom stereocenters. The van der Waals surface area contributed by atoms with E-state index in [0.29, 0.717) is 33.7 Å². The molecule has 0 aromatic heterocycles. The number of carboxylic acid groups (broad SMARTS) is 1. The summed E-state index contributed by atoms with van der Waals surface area (Å²) in [5.74, 6) is -0.881.